The van der Waals surface area contributed by atoms with Gasteiger partial charge in [0.05, 0.1) is 16.7 Å². The third-order valence-corrected chi connectivity index (χ3v) is 4.37. The van der Waals surface area contributed by atoms with E-state index < -0.39 is 35.2 Å². The highest BCUT2D eigenvalue weighted by Crippen LogP contribution is 2.37. The third kappa shape index (κ3) is 5.59. The zero-order valence-electron chi connectivity index (χ0n) is 15.5. The van der Waals surface area contributed by atoms with E-state index in [1.165, 1.54) is 4.90 Å². The predicted octanol–water partition coefficient (Wildman–Crippen LogP) is 6.23. The second-order valence-electron chi connectivity index (χ2n) is 6.47. The molecule has 2 aromatic carbocycles. The Balaban J connectivity index is 2.50. The van der Waals surface area contributed by atoms with E-state index in [4.69, 9.17) is 5.73 Å². The minimum atomic E-state index is -5.00. The van der Waals surface area contributed by atoms with Crippen LogP contribution >= 0.6 is 0 Å². The zero-order valence-corrected chi connectivity index (χ0v) is 15.5. The monoisotopic (exact) mass is 444 g/mol. The Bertz CT molecular complexity index is 851. The van der Waals surface area contributed by atoms with Gasteiger partial charge in [0.15, 0.2) is 0 Å². The molecule has 2 nitrogen and oxygen atoms in total. The molecule has 0 aliphatic rings. The Morgan fingerprint density at radius 1 is 0.733 bits per heavy atom. The maximum atomic E-state index is 13.0. The SMILES string of the molecule is CCN(Cc1cc(C(F)(F)F)cc(C(F)(F)F)c1)c1ccc(C(F)(F)F)cc1CN. The van der Waals surface area contributed by atoms with Crippen molar-refractivity contribution in [3.8, 4) is 0 Å². The van der Waals surface area contributed by atoms with E-state index in [0.717, 1.165) is 18.2 Å². The normalized spacial score (nSPS) is 12.9. The minimum absolute atomic E-state index is 0.0171. The fourth-order valence-corrected chi connectivity index (χ4v) is 2.93. The van der Waals surface area contributed by atoms with E-state index in [2.05, 4.69) is 0 Å². The van der Waals surface area contributed by atoms with Crippen LogP contribution in [0.15, 0.2) is 36.4 Å². The molecule has 30 heavy (non-hydrogen) atoms. The van der Waals surface area contributed by atoms with E-state index in [0.29, 0.717) is 12.1 Å². The molecule has 2 rings (SSSR count). The average Bonchev–Trinajstić information content (AvgIpc) is 2.63. The van der Waals surface area contributed by atoms with Crippen molar-refractivity contribution in [1.29, 1.82) is 0 Å². The quantitative estimate of drug-likeness (QED) is 0.555. The summed E-state index contributed by atoms with van der Waals surface area (Å²) in [6, 6.07) is 3.89. The summed E-state index contributed by atoms with van der Waals surface area (Å²) in [4.78, 5) is 1.36. The molecule has 0 saturated carbocycles. The predicted molar refractivity (Wildman–Crippen MR) is 92.5 cm³/mol. The molecule has 0 aromatic heterocycles. The molecule has 0 atom stereocenters. The maximum Gasteiger partial charge on any atom is 0.416 e. The Morgan fingerprint density at radius 2 is 1.23 bits per heavy atom. The Kier molecular flexibility index (Phi) is 6.65. The van der Waals surface area contributed by atoms with Gasteiger partial charge in [0.1, 0.15) is 0 Å². The van der Waals surface area contributed by atoms with E-state index in [-0.39, 0.29) is 42.5 Å². The molecule has 0 radical (unpaired) electrons. The van der Waals surface area contributed by atoms with Gasteiger partial charge in [-0.25, -0.2) is 0 Å². The van der Waals surface area contributed by atoms with Crippen LogP contribution in [0.25, 0.3) is 0 Å². The van der Waals surface area contributed by atoms with Gasteiger partial charge in [-0.15, -0.1) is 0 Å². The first-order chi connectivity index (χ1) is 13.7. The van der Waals surface area contributed by atoms with Crippen LogP contribution in [0.1, 0.15) is 34.7 Å². The first-order valence-electron chi connectivity index (χ1n) is 8.60. The average molecular weight is 444 g/mol. The lowest BCUT2D eigenvalue weighted by Gasteiger charge is -2.27. The standard InChI is InChI=1S/C19H17F9N2/c1-2-30(16-4-3-13(17(20,21)22)7-12(16)9-29)10-11-5-14(18(23,24)25)8-15(6-11)19(26,27)28/h3-8H,2,9-10,29H2,1H3. The Morgan fingerprint density at radius 3 is 1.63 bits per heavy atom. The van der Waals surface area contributed by atoms with Crippen molar-refractivity contribution in [1.82, 2.24) is 0 Å². The summed E-state index contributed by atoms with van der Waals surface area (Å²) in [6.07, 6.45) is -14.6. The number of anilines is 1. The molecular formula is C19H17F9N2. The summed E-state index contributed by atoms with van der Waals surface area (Å²) in [6.45, 7) is 0.986. The Labute approximate surface area is 166 Å². The number of hydrogen-bond acceptors (Lipinski definition) is 2. The molecule has 0 aliphatic heterocycles. The van der Waals surface area contributed by atoms with Crippen molar-refractivity contribution in [3.05, 3.63) is 64.2 Å². The highest BCUT2D eigenvalue weighted by atomic mass is 19.4. The summed E-state index contributed by atoms with van der Waals surface area (Å²) in [7, 11) is 0. The van der Waals surface area contributed by atoms with Gasteiger partial charge in [0.25, 0.3) is 0 Å². The molecule has 0 amide bonds. The number of nitrogens with two attached hydrogens (primary N) is 1. The first-order valence-corrected chi connectivity index (χ1v) is 8.60. The summed E-state index contributed by atoms with van der Waals surface area (Å²) >= 11 is 0. The summed E-state index contributed by atoms with van der Waals surface area (Å²) in [5.41, 5.74) is 1.60. The van der Waals surface area contributed by atoms with Gasteiger partial charge in [-0.2, -0.15) is 39.5 Å². The second kappa shape index (κ2) is 8.37. The van der Waals surface area contributed by atoms with Gasteiger partial charge in [0, 0.05) is 25.3 Å². The highest BCUT2D eigenvalue weighted by Gasteiger charge is 2.37. The zero-order chi connectivity index (χ0) is 22.9. The molecular weight excluding hydrogens is 427 g/mol. The van der Waals surface area contributed by atoms with Gasteiger partial charge >= 0.3 is 18.5 Å². The van der Waals surface area contributed by atoms with Crippen molar-refractivity contribution in [2.45, 2.75) is 38.5 Å². The lowest BCUT2D eigenvalue weighted by atomic mass is 10.0. The van der Waals surface area contributed by atoms with Gasteiger partial charge in [-0.1, -0.05) is 0 Å². The molecule has 0 heterocycles. The molecule has 0 fully saturated rings. The van der Waals surface area contributed by atoms with Crippen LogP contribution in [0, 0.1) is 0 Å². The molecule has 0 aliphatic carbocycles. The largest absolute Gasteiger partial charge is 0.416 e. The van der Waals surface area contributed by atoms with Crippen molar-refractivity contribution in [2.24, 2.45) is 5.73 Å². The Hall–Kier alpha value is -2.43. The van der Waals surface area contributed by atoms with E-state index >= 15 is 0 Å². The van der Waals surface area contributed by atoms with Crippen LogP contribution in [-0.2, 0) is 31.6 Å². The second-order valence-corrected chi connectivity index (χ2v) is 6.47. The van der Waals surface area contributed by atoms with E-state index in [1.54, 1.807) is 6.92 Å². The topological polar surface area (TPSA) is 29.3 Å². The van der Waals surface area contributed by atoms with Gasteiger partial charge in [-0.05, 0) is 54.4 Å². The molecule has 0 unspecified atom stereocenters. The first kappa shape index (κ1) is 23.8. The molecule has 11 heteroatoms. The van der Waals surface area contributed by atoms with Gasteiger partial charge < -0.3 is 10.6 Å². The number of benzene rings is 2. The smallest absolute Gasteiger partial charge is 0.367 e. The maximum absolute atomic E-state index is 13.0. The number of halogens is 9. The van der Waals surface area contributed by atoms with Crippen LogP contribution in [-0.4, -0.2) is 6.54 Å². The van der Waals surface area contributed by atoms with Crippen molar-refractivity contribution in [3.63, 3.8) is 0 Å². The van der Waals surface area contributed by atoms with Crippen molar-refractivity contribution < 1.29 is 39.5 Å². The molecule has 2 N–H and O–H groups in total. The van der Waals surface area contributed by atoms with Crippen LogP contribution < -0.4 is 10.6 Å². The summed E-state index contributed by atoms with van der Waals surface area (Å²) in [5.74, 6) is 0. The fourth-order valence-electron chi connectivity index (χ4n) is 2.93. The molecule has 0 saturated heterocycles. The van der Waals surface area contributed by atoms with Crippen molar-refractivity contribution >= 4 is 5.69 Å². The van der Waals surface area contributed by atoms with Crippen LogP contribution in [0.2, 0.25) is 0 Å². The third-order valence-electron chi connectivity index (χ3n) is 4.37. The summed E-state index contributed by atoms with van der Waals surface area (Å²) in [5, 5.41) is 0. The molecule has 2 aromatic rings. The molecule has 0 spiro atoms. The number of nitrogens with zero attached hydrogens (tertiary/aromatic N) is 1. The lowest BCUT2D eigenvalue weighted by Crippen LogP contribution is -2.25. The number of alkyl halides is 9. The molecule has 166 valence electrons. The van der Waals surface area contributed by atoms with E-state index in [1.807, 2.05) is 0 Å². The number of hydrogen-bond donors (Lipinski definition) is 1. The molecule has 0 bridgehead atoms. The van der Waals surface area contributed by atoms with Gasteiger partial charge in [0.2, 0.25) is 0 Å². The minimum Gasteiger partial charge on any atom is -0.367 e. The number of rotatable bonds is 5. The van der Waals surface area contributed by atoms with E-state index in [9.17, 15) is 39.5 Å². The fraction of sp³-hybridized carbons (Fsp3) is 0.368. The summed E-state index contributed by atoms with van der Waals surface area (Å²) < 4.78 is 117. The van der Waals surface area contributed by atoms with Crippen molar-refractivity contribution in [2.75, 3.05) is 11.4 Å². The lowest BCUT2D eigenvalue weighted by molar-refractivity contribution is -0.143. The van der Waals surface area contributed by atoms with Gasteiger partial charge in [-0.3, -0.25) is 0 Å². The van der Waals surface area contributed by atoms with Crippen LogP contribution in [0.5, 0.6) is 0 Å². The highest BCUT2D eigenvalue weighted by molar-refractivity contribution is 5.56. The van der Waals surface area contributed by atoms with Crippen LogP contribution in [0.3, 0.4) is 0 Å². The van der Waals surface area contributed by atoms with Crippen LogP contribution in [0.4, 0.5) is 45.2 Å².